The lowest BCUT2D eigenvalue weighted by molar-refractivity contribution is -0.120. The molecule has 6 nitrogen and oxygen atoms in total. The third-order valence-electron chi connectivity index (χ3n) is 5.90. The molecule has 1 aliphatic heterocycles. The number of amides is 1. The van der Waals surface area contributed by atoms with Crippen LogP contribution in [0.2, 0.25) is 0 Å². The van der Waals surface area contributed by atoms with Crippen LogP contribution in [0.1, 0.15) is 31.7 Å². The maximum absolute atomic E-state index is 13.8. The molecule has 2 aromatic carbocycles. The summed E-state index contributed by atoms with van der Waals surface area (Å²) in [5.74, 6) is -1.03. The van der Waals surface area contributed by atoms with Crippen molar-refractivity contribution in [1.29, 1.82) is 0 Å². The van der Waals surface area contributed by atoms with Gasteiger partial charge < -0.3 is 9.64 Å². The molecule has 160 valence electrons. The van der Waals surface area contributed by atoms with Crippen LogP contribution in [0.15, 0.2) is 36.5 Å². The lowest BCUT2D eigenvalue weighted by Gasteiger charge is -2.36. The highest BCUT2D eigenvalue weighted by Gasteiger charge is 2.39. The van der Waals surface area contributed by atoms with E-state index in [1.54, 1.807) is 17.9 Å². The molecular weight excluding hydrogens is 402 g/mol. The summed E-state index contributed by atoms with van der Waals surface area (Å²) < 4.78 is 35.0. The van der Waals surface area contributed by atoms with Crippen molar-refractivity contribution in [1.82, 2.24) is 15.0 Å². The number of anilines is 1. The van der Waals surface area contributed by atoms with Gasteiger partial charge in [-0.15, -0.1) is 5.10 Å². The maximum atomic E-state index is 13.8. The van der Waals surface area contributed by atoms with Crippen molar-refractivity contribution < 1.29 is 18.3 Å². The average molecular weight is 424 g/mol. The minimum absolute atomic E-state index is 0.0825. The van der Waals surface area contributed by atoms with Crippen LogP contribution < -0.4 is 9.64 Å². The summed E-state index contributed by atoms with van der Waals surface area (Å²) in [6, 6.07) is 7.30. The second-order valence-corrected chi connectivity index (χ2v) is 8.27. The predicted molar refractivity (Wildman–Crippen MR) is 111 cm³/mol. The van der Waals surface area contributed by atoms with Crippen LogP contribution >= 0.6 is 0 Å². The minimum atomic E-state index is -0.984. The molecule has 1 amide bonds. The summed E-state index contributed by atoms with van der Waals surface area (Å²) in [6.45, 7) is 2.05. The molecule has 31 heavy (non-hydrogen) atoms. The molecule has 5 rings (SSSR count). The number of fused-ring (bicyclic) bond motifs is 1. The molecule has 0 radical (unpaired) electrons. The monoisotopic (exact) mass is 424 g/mol. The largest absolute Gasteiger partial charge is 0.456 e. The number of rotatable bonds is 4. The summed E-state index contributed by atoms with van der Waals surface area (Å²) in [7, 11) is 1.77. The van der Waals surface area contributed by atoms with E-state index in [9.17, 15) is 13.6 Å². The summed E-state index contributed by atoms with van der Waals surface area (Å²) in [6.07, 6.45) is 5.08. The second kappa shape index (κ2) is 7.44. The van der Waals surface area contributed by atoms with Crippen LogP contribution in [0.25, 0.3) is 11.3 Å². The van der Waals surface area contributed by atoms with E-state index in [0.29, 0.717) is 23.4 Å². The van der Waals surface area contributed by atoms with Gasteiger partial charge >= 0.3 is 0 Å². The summed E-state index contributed by atoms with van der Waals surface area (Å²) in [5.41, 5.74) is 2.95. The average Bonchev–Trinajstić information content (AvgIpc) is 3.51. The molecule has 1 atom stereocenters. The molecule has 0 saturated heterocycles. The molecule has 2 aliphatic rings. The van der Waals surface area contributed by atoms with E-state index in [-0.39, 0.29) is 23.6 Å². The number of aromatic nitrogens is 3. The van der Waals surface area contributed by atoms with Crippen molar-refractivity contribution in [3.63, 3.8) is 0 Å². The number of aryl methyl sites for hydroxylation is 1. The van der Waals surface area contributed by atoms with E-state index < -0.39 is 11.6 Å². The Morgan fingerprint density at radius 2 is 1.94 bits per heavy atom. The Hall–Kier alpha value is -3.29. The molecule has 0 N–H and O–H groups in total. The van der Waals surface area contributed by atoms with E-state index in [4.69, 9.17) is 4.74 Å². The zero-order valence-electron chi connectivity index (χ0n) is 17.3. The molecule has 1 fully saturated rings. The Kier molecular flexibility index (Phi) is 4.72. The highest BCUT2D eigenvalue weighted by atomic mass is 19.2. The van der Waals surface area contributed by atoms with Gasteiger partial charge in [0.25, 0.3) is 0 Å². The number of carbonyl (C=O) groups excluding carboxylic acids is 1. The third-order valence-corrected chi connectivity index (χ3v) is 5.90. The quantitative estimate of drug-likeness (QED) is 0.613. The van der Waals surface area contributed by atoms with Crippen molar-refractivity contribution in [2.75, 3.05) is 4.90 Å². The van der Waals surface area contributed by atoms with Gasteiger partial charge in [0.05, 0.1) is 11.9 Å². The number of halogens is 2. The molecule has 3 aromatic rings. The zero-order chi connectivity index (χ0) is 21.7. The van der Waals surface area contributed by atoms with Gasteiger partial charge in [0, 0.05) is 36.2 Å². The number of ether oxygens (including phenoxy) is 1. The van der Waals surface area contributed by atoms with Gasteiger partial charge in [-0.3, -0.25) is 9.48 Å². The first kappa shape index (κ1) is 19.7. The second-order valence-electron chi connectivity index (χ2n) is 8.27. The number of benzene rings is 2. The highest BCUT2D eigenvalue weighted by molar-refractivity contribution is 5.99. The van der Waals surface area contributed by atoms with Crippen LogP contribution in [0.4, 0.5) is 14.5 Å². The van der Waals surface area contributed by atoms with E-state index in [2.05, 4.69) is 17.2 Å². The molecule has 0 bridgehead atoms. The predicted octanol–water partition coefficient (Wildman–Crippen LogP) is 4.63. The van der Waals surface area contributed by atoms with E-state index >= 15 is 0 Å². The van der Waals surface area contributed by atoms with Gasteiger partial charge in [-0.1, -0.05) is 5.21 Å². The number of hydrogen-bond acceptors (Lipinski definition) is 4. The van der Waals surface area contributed by atoms with Gasteiger partial charge in [-0.05, 0) is 56.9 Å². The molecule has 1 saturated carbocycles. The molecular formula is C23H22F2N4O2. The SMILES string of the molecule is C[C@H]1CCc2c(ccc(-c3cn(C)nn3)c2Oc2ccc(F)c(F)c2)N1C(=O)C1CC1. The Bertz CT molecular complexity index is 1170. The first-order valence-electron chi connectivity index (χ1n) is 10.4. The van der Waals surface area contributed by atoms with Crippen molar-refractivity contribution in [3.8, 4) is 22.8 Å². The Morgan fingerprint density at radius 1 is 1.13 bits per heavy atom. The van der Waals surface area contributed by atoms with Gasteiger partial charge in [0.15, 0.2) is 11.6 Å². The fourth-order valence-corrected chi connectivity index (χ4v) is 4.11. The fourth-order valence-electron chi connectivity index (χ4n) is 4.11. The van der Waals surface area contributed by atoms with E-state index in [1.165, 1.54) is 6.07 Å². The third kappa shape index (κ3) is 3.56. The number of nitrogens with zero attached hydrogens (tertiary/aromatic N) is 4. The standard InChI is InChI=1S/C23H22F2N4O2/c1-13-3-7-17-21(29(13)23(30)14-4-5-14)10-8-16(20-12-28(2)27-26-20)22(17)31-15-6-9-18(24)19(25)11-15/h6,8-14H,3-5,7H2,1-2H3/t13-/m0/s1. The Labute approximate surface area is 178 Å². The smallest absolute Gasteiger partial charge is 0.230 e. The van der Waals surface area contributed by atoms with Crippen LogP contribution in [0, 0.1) is 17.6 Å². The minimum Gasteiger partial charge on any atom is -0.456 e. The van der Waals surface area contributed by atoms with E-state index in [1.807, 2.05) is 17.0 Å². The summed E-state index contributed by atoms with van der Waals surface area (Å²) >= 11 is 0. The number of carbonyl (C=O) groups is 1. The molecule has 1 aliphatic carbocycles. The lowest BCUT2D eigenvalue weighted by Crippen LogP contribution is -2.43. The van der Waals surface area contributed by atoms with Crippen LogP contribution in [-0.4, -0.2) is 26.9 Å². The molecule has 2 heterocycles. The fraction of sp³-hybridized carbons (Fsp3) is 0.348. The van der Waals surface area contributed by atoms with Crippen LogP contribution in [0.5, 0.6) is 11.5 Å². The Morgan fingerprint density at radius 3 is 2.61 bits per heavy atom. The maximum Gasteiger partial charge on any atom is 0.230 e. The Balaban J connectivity index is 1.65. The molecule has 8 heteroatoms. The number of hydrogen-bond donors (Lipinski definition) is 0. The zero-order valence-corrected chi connectivity index (χ0v) is 17.3. The van der Waals surface area contributed by atoms with Crippen molar-refractivity contribution >= 4 is 11.6 Å². The highest BCUT2D eigenvalue weighted by Crippen LogP contribution is 2.46. The first-order valence-corrected chi connectivity index (χ1v) is 10.4. The first-order chi connectivity index (χ1) is 14.9. The van der Waals surface area contributed by atoms with Gasteiger partial charge in [-0.25, -0.2) is 8.78 Å². The molecule has 0 unspecified atom stereocenters. The summed E-state index contributed by atoms with van der Waals surface area (Å²) in [4.78, 5) is 14.9. The van der Waals surface area contributed by atoms with Gasteiger partial charge in [-0.2, -0.15) is 0 Å². The van der Waals surface area contributed by atoms with Crippen LogP contribution in [-0.2, 0) is 18.3 Å². The van der Waals surface area contributed by atoms with E-state index in [0.717, 1.165) is 42.6 Å². The topological polar surface area (TPSA) is 60.2 Å². The van der Waals surface area contributed by atoms with Gasteiger partial charge in [0.2, 0.25) is 5.91 Å². The molecule has 0 spiro atoms. The molecule has 1 aromatic heterocycles. The van der Waals surface area contributed by atoms with Crippen molar-refractivity contribution in [2.24, 2.45) is 13.0 Å². The van der Waals surface area contributed by atoms with Crippen molar-refractivity contribution in [2.45, 2.75) is 38.6 Å². The van der Waals surface area contributed by atoms with Crippen LogP contribution in [0.3, 0.4) is 0 Å². The summed E-state index contributed by atoms with van der Waals surface area (Å²) in [5, 5.41) is 8.20. The normalized spacial score (nSPS) is 18.1. The van der Waals surface area contributed by atoms with Gasteiger partial charge in [0.1, 0.15) is 17.2 Å². The lowest BCUT2D eigenvalue weighted by atomic mass is 9.92. The van der Waals surface area contributed by atoms with Crippen molar-refractivity contribution in [3.05, 3.63) is 53.7 Å².